The zero-order valence-corrected chi connectivity index (χ0v) is 10.1. The lowest BCUT2D eigenvalue weighted by Crippen LogP contribution is -2.39. The minimum atomic E-state index is -0.716. The van der Waals surface area contributed by atoms with Gasteiger partial charge in [-0.25, -0.2) is 0 Å². The molecule has 84 valence electrons. The molecule has 1 aliphatic rings. The Morgan fingerprint density at radius 2 is 2.29 bits per heavy atom. The summed E-state index contributed by atoms with van der Waals surface area (Å²) in [4.78, 5) is 0. The molecule has 4 heteroatoms. The van der Waals surface area contributed by atoms with Crippen molar-refractivity contribution in [1.29, 1.82) is 0 Å². The molecule has 0 radical (unpaired) electrons. The van der Waals surface area contributed by atoms with Crippen LogP contribution in [0.1, 0.15) is 20.3 Å². The molecule has 1 heterocycles. The molecule has 14 heavy (non-hydrogen) atoms. The zero-order valence-electron chi connectivity index (χ0n) is 9.29. The summed E-state index contributed by atoms with van der Waals surface area (Å²) in [6.07, 6.45) is 1.10. The molecule has 0 aromatic rings. The van der Waals surface area contributed by atoms with Gasteiger partial charge in [-0.2, -0.15) is 0 Å². The highest BCUT2D eigenvalue weighted by molar-refractivity contribution is 7.85. The molecule has 1 saturated heterocycles. The van der Waals surface area contributed by atoms with Crippen LogP contribution in [0.25, 0.3) is 0 Å². The van der Waals surface area contributed by atoms with Gasteiger partial charge in [-0.3, -0.25) is 4.21 Å². The Balaban J connectivity index is 2.41. The van der Waals surface area contributed by atoms with Crippen LogP contribution >= 0.6 is 0 Å². The molecule has 0 aliphatic carbocycles. The van der Waals surface area contributed by atoms with Crippen molar-refractivity contribution in [1.82, 2.24) is 5.32 Å². The summed E-state index contributed by atoms with van der Waals surface area (Å²) in [5.74, 6) is 1.30. The van der Waals surface area contributed by atoms with Gasteiger partial charge in [0, 0.05) is 40.4 Å². The molecule has 0 aromatic carbocycles. The van der Waals surface area contributed by atoms with Crippen LogP contribution in [0.2, 0.25) is 0 Å². The van der Waals surface area contributed by atoms with Crippen molar-refractivity contribution in [2.24, 2.45) is 5.92 Å². The van der Waals surface area contributed by atoms with Crippen LogP contribution in [0.5, 0.6) is 0 Å². The molecule has 1 N–H and O–H groups in total. The molecule has 3 nitrogen and oxygen atoms in total. The third-order valence-electron chi connectivity index (χ3n) is 2.77. The van der Waals surface area contributed by atoms with Crippen molar-refractivity contribution < 1.29 is 8.95 Å². The monoisotopic (exact) mass is 219 g/mol. The van der Waals surface area contributed by atoms with Gasteiger partial charge in [0.15, 0.2) is 0 Å². The fourth-order valence-corrected chi connectivity index (χ4v) is 2.87. The number of hydrogen-bond acceptors (Lipinski definition) is 3. The molecule has 0 bridgehead atoms. The van der Waals surface area contributed by atoms with E-state index in [-0.39, 0.29) is 5.25 Å². The van der Waals surface area contributed by atoms with Crippen molar-refractivity contribution >= 4 is 10.8 Å². The Morgan fingerprint density at radius 1 is 1.57 bits per heavy atom. The Hall–Kier alpha value is 0.0700. The van der Waals surface area contributed by atoms with Crippen LogP contribution in [0.3, 0.4) is 0 Å². The Labute approximate surface area is 89.1 Å². The quantitative estimate of drug-likeness (QED) is 0.742. The second-order valence-electron chi connectivity index (χ2n) is 4.12. The molecule has 1 rings (SSSR count). The number of hydrogen-bond donors (Lipinski definition) is 1. The number of rotatable bonds is 5. The van der Waals surface area contributed by atoms with Gasteiger partial charge in [-0.1, -0.05) is 13.8 Å². The van der Waals surface area contributed by atoms with E-state index in [9.17, 15) is 4.21 Å². The molecule has 0 saturated carbocycles. The predicted molar refractivity (Wildman–Crippen MR) is 59.9 cm³/mol. The van der Waals surface area contributed by atoms with E-state index in [0.717, 1.165) is 25.4 Å². The normalized spacial score (nSPS) is 26.7. The highest BCUT2D eigenvalue weighted by Gasteiger charge is 2.26. The summed E-state index contributed by atoms with van der Waals surface area (Å²) in [6.45, 7) is 5.69. The van der Waals surface area contributed by atoms with Gasteiger partial charge in [-0.15, -0.1) is 0 Å². The second-order valence-corrected chi connectivity index (χ2v) is 6.15. The average molecular weight is 219 g/mol. The van der Waals surface area contributed by atoms with Crippen molar-refractivity contribution in [2.45, 2.75) is 31.6 Å². The van der Waals surface area contributed by atoms with E-state index < -0.39 is 10.8 Å². The molecular weight excluding hydrogens is 198 g/mol. The van der Waals surface area contributed by atoms with Crippen LogP contribution < -0.4 is 5.32 Å². The van der Waals surface area contributed by atoms with Crippen molar-refractivity contribution in [3.63, 3.8) is 0 Å². The lowest BCUT2D eigenvalue weighted by molar-refractivity contribution is 0.179. The van der Waals surface area contributed by atoms with E-state index in [4.69, 9.17) is 4.74 Å². The summed E-state index contributed by atoms with van der Waals surface area (Å²) >= 11 is 0. The highest BCUT2D eigenvalue weighted by Crippen LogP contribution is 2.17. The van der Waals surface area contributed by atoms with Gasteiger partial charge >= 0.3 is 0 Å². The first-order valence-electron chi connectivity index (χ1n) is 5.27. The van der Waals surface area contributed by atoms with Gasteiger partial charge in [0.05, 0.1) is 6.61 Å². The first-order chi connectivity index (χ1) is 6.65. The van der Waals surface area contributed by atoms with Crippen molar-refractivity contribution in [3.05, 3.63) is 0 Å². The summed E-state index contributed by atoms with van der Waals surface area (Å²) in [5.41, 5.74) is 0. The third-order valence-corrected chi connectivity index (χ3v) is 4.51. The van der Waals surface area contributed by atoms with Crippen molar-refractivity contribution in [2.75, 3.05) is 26.0 Å². The predicted octanol–water partition coefficient (Wildman–Crippen LogP) is 0.768. The third kappa shape index (κ3) is 3.33. The highest BCUT2D eigenvalue weighted by atomic mass is 32.2. The molecule has 1 aliphatic heterocycles. The van der Waals surface area contributed by atoms with Crippen molar-refractivity contribution in [3.8, 4) is 0 Å². The molecular formula is C10H21NO2S. The molecule has 0 spiro atoms. The summed E-state index contributed by atoms with van der Waals surface area (Å²) < 4.78 is 17.0. The van der Waals surface area contributed by atoms with Crippen LogP contribution in [-0.4, -0.2) is 41.5 Å². The van der Waals surface area contributed by atoms with E-state index in [0.29, 0.717) is 12.0 Å². The maximum atomic E-state index is 11.7. The Kier molecular flexibility index (Phi) is 5.06. The smallest absolute Gasteiger partial charge is 0.0510 e. The standard InChI is InChI=1S/C10H21NO2S/c1-8(2)14(12)7-10(11-3)9-4-5-13-6-9/h8-11H,4-7H2,1-3H3. The van der Waals surface area contributed by atoms with Gasteiger partial charge in [0.1, 0.15) is 0 Å². The van der Waals surface area contributed by atoms with Gasteiger partial charge in [-0.05, 0) is 13.5 Å². The number of ether oxygens (including phenoxy) is 1. The van der Waals surface area contributed by atoms with E-state index >= 15 is 0 Å². The molecule has 1 fully saturated rings. The summed E-state index contributed by atoms with van der Waals surface area (Å²) in [7, 11) is 1.23. The minimum Gasteiger partial charge on any atom is -0.381 e. The molecule has 3 unspecified atom stereocenters. The van der Waals surface area contributed by atoms with E-state index in [1.54, 1.807) is 0 Å². The Morgan fingerprint density at radius 3 is 2.71 bits per heavy atom. The van der Waals surface area contributed by atoms with Gasteiger partial charge in [0.2, 0.25) is 0 Å². The second kappa shape index (κ2) is 5.83. The van der Waals surface area contributed by atoms with E-state index in [1.807, 2.05) is 20.9 Å². The fourth-order valence-electron chi connectivity index (χ4n) is 1.69. The molecule has 0 amide bonds. The minimum absolute atomic E-state index is 0.258. The van der Waals surface area contributed by atoms with Crippen LogP contribution in [0, 0.1) is 5.92 Å². The maximum absolute atomic E-state index is 11.7. The van der Waals surface area contributed by atoms with Crippen LogP contribution in [-0.2, 0) is 15.5 Å². The fraction of sp³-hybridized carbons (Fsp3) is 1.00. The first kappa shape index (κ1) is 12.1. The SMILES string of the molecule is CNC(CS(=O)C(C)C)C1CCOC1. The number of nitrogens with one attached hydrogen (secondary N) is 1. The molecule has 0 aromatic heterocycles. The van der Waals surface area contributed by atoms with Gasteiger partial charge in [0.25, 0.3) is 0 Å². The summed E-state index contributed by atoms with van der Waals surface area (Å²) in [5, 5.41) is 3.51. The van der Waals surface area contributed by atoms with Gasteiger partial charge < -0.3 is 10.1 Å². The summed E-state index contributed by atoms with van der Waals surface area (Å²) in [6, 6.07) is 0.348. The lowest BCUT2D eigenvalue weighted by Gasteiger charge is -2.22. The molecule has 3 atom stereocenters. The topological polar surface area (TPSA) is 38.3 Å². The van der Waals surface area contributed by atoms with E-state index in [2.05, 4.69) is 5.32 Å². The average Bonchev–Trinajstić information content (AvgIpc) is 2.66. The Bertz CT molecular complexity index is 191. The maximum Gasteiger partial charge on any atom is 0.0510 e. The largest absolute Gasteiger partial charge is 0.381 e. The zero-order chi connectivity index (χ0) is 10.6. The van der Waals surface area contributed by atoms with Crippen LogP contribution in [0.15, 0.2) is 0 Å². The van der Waals surface area contributed by atoms with Crippen LogP contribution in [0.4, 0.5) is 0 Å². The van der Waals surface area contributed by atoms with E-state index in [1.165, 1.54) is 0 Å². The lowest BCUT2D eigenvalue weighted by atomic mass is 10.0. The first-order valence-corrected chi connectivity index (χ1v) is 6.65.